The first-order valence-corrected chi connectivity index (χ1v) is 10.1. The first-order chi connectivity index (χ1) is 11.3. The fraction of sp³-hybridized carbons (Fsp3) is 0.947. The number of nitrogens with one attached hydrogen (secondary N) is 1. The van der Waals surface area contributed by atoms with Crippen LogP contribution in [-0.2, 0) is 0 Å². The van der Waals surface area contributed by atoms with Crippen molar-refractivity contribution in [2.45, 2.75) is 64.7 Å². The van der Waals surface area contributed by atoms with Crippen molar-refractivity contribution in [1.82, 2.24) is 15.1 Å². The van der Waals surface area contributed by atoms with Crippen LogP contribution in [0.4, 0.5) is 0 Å². The van der Waals surface area contributed by atoms with Gasteiger partial charge in [0.05, 0.1) is 0 Å². The molecule has 2 aliphatic heterocycles. The van der Waals surface area contributed by atoms with Crippen LogP contribution in [0.2, 0.25) is 0 Å². The number of hydrogen-bond acceptors (Lipinski definition) is 2. The van der Waals surface area contributed by atoms with Gasteiger partial charge in [0, 0.05) is 26.2 Å². The molecule has 0 amide bonds. The van der Waals surface area contributed by atoms with E-state index >= 15 is 0 Å². The molecular weight excluding hydrogens is 411 g/mol. The van der Waals surface area contributed by atoms with Crippen molar-refractivity contribution in [3.05, 3.63) is 0 Å². The molecule has 1 spiro atoms. The van der Waals surface area contributed by atoms with Gasteiger partial charge in [-0.15, -0.1) is 24.0 Å². The Kier molecular flexibility index (Phi) is 8.61. The van der Waals surface area contributed by atoms with Crippen LogP contribution in [0, 0.1) is 5.41 Å². The predicted molar refractivity (Wildman–Crippen MR) is 113 cm³/mol. The average molecular weight is 448 g/mol. The van der Waals surface area contributed by atoms with Crippen LogP contribution in [0.5, 0.6) is 0 Å². The Labute approximate surface area is 165 Å². The van der Waals surface area contributed by atoms with Crippen LogP contribution in [0.15, 0.2) is 4.99 Å². The second-order valence-corrected chi connectivity index (χ2v) is 7.87. The standard InChI is InChI=1S/C19H36N4.HI/c1-2-20-18(21-12-8-15-22-13-6-7-14-22)23-16-11-19(17-23)9-4-3-5-10-19;/h2-17H2,1H3,(H,20,21);1H. The maximum atomic E-state index is 4.94. The highest BCUT2D eigenvalue weighted by Crippen LogP contribution is 2.43. The molecule has 1 saturated carbocycles. The minimum Gasteiger partial charge on any atom is -0.357 e. The lowest BCUT2D eigenvalue weighted by Gasteiger charge is -2.33. The second kappa shape index (κ2) is 10.2. The first kappa shape index (κ1) is 20.3. The quantitative estimate of drug-likeness (QED) is 0.301. The van der Waals surface area contributed by atoms with E-state index < -0.39 is 0 Å². The molecule has 1 N–H and O–H groups in total. The molecule has 24 heavy (non-hydrogen) atoms. The molecule has 5 heteroatoms. The molecule has 140 valence electrons. The molecule has 4 nitrogen and oxygen atoms in total. The van der Waals surface area contributed by atoms with E-state index in [0.29, 0.717) is 5.41 Å². The van der Waals surface area contributed by atoms with Gasteiger partial charge in [-0.1, -0.05) is 19.3 Å². The fourth-order valence-electron chi connectivity index (χ4n) is 4.74. The summed E-state index contributed by atoms with van der Waals surface area (Å²) < 4.78 is 0. The lowest BCUT2D eigenvalue weighted by atomic mass is 9.73. The summed E-state index contributed by atoms with van der Waals surface area (Å²) in [5.41, 5.74) is 0.615. The summed E-state index contributed by atoms with van der Waals surface area (Å²) in [4.78, 5) is 10.1. The SMILES string of the molecule is CCNC(=NCCCN1CCCC1)N1CCC2(CCCCC2)C1.I. The molecule has 3 rings (SSSR count). The molecule has 0 bridgehead atoms. The normalized spacial score (nSPS) is 24.4. The van der Waals surface area contributed by atoms with E-state index in [1.165, 1.54) is 96.5 Å². The van der Waals surface area contributed by atoms with E-state index in [9.17, 15) is 0 Å². The van der Waals surface area contributed by atoms with E-state index in [2.05, 4.69) is 22.0 Å². The minimum atomic E-state index is 0. The second-order valence-electron chi connectivity index (χ2n) is 7.87. The van der Waals surface area contributed by atoms with E-state index in [-0.39, 0.29) is 24.0 Å². The number of rotatable bonds is 5. The van der Waals surface area contributed by atoms with Gasteiger partial charge in [-0.25, -0.2) is 0 Å². The minimum absolute atomic E-state index is 0. The summed E-state index contributed by atoms with van der Waals surface area (Å²) in [6, 6.07) is 0. The third-order valence-electron chi connectivity index (χ3n) is 6.08. The summed E-state index contributed by atoms with van der Waals surface area (Å²) >= 11 is 0. The summed E-state index contributed by atoms with van der Waals surface area (Å²) in [7, 11) is 0. The Bertz CT molecular complexity index is 387. The number of aliphatic imine (C=N–C) groups is 1. The van der Waals surface area contributed by atoms with Crippen LogP contribution in [0.1, 0.15) is 64.7 Å². The Hall–Kier alpha value is -0.0400. The highest BCUT2D eigenvalue weighted by atomic mass is 127. The Morgan fingerprint density at radius 1 is 1.00 bits per heavy atom. The summed E-state index contributed by atoms with van der Waals surface area (Å²) in [5, 5.41) is 3.54. The van der Waals surface area contributed by atoms with Crippen LogP contribution < -0.4 is 5.32 Å². The molecule has 0 aromatic heterocycles. The highest BCUT2D eigenvalue weighted by Gasteiger charge is 2.39. The van der Waals surface area contributed by atoms with E-state index in [0.717, 1.165) is 13.1 Å². The van der Waals surface area contributed by atoms with E-state index in [4.69, 9.17) is 4.99 Å². The van der Waals surface area contributed by atoms with Crippen LogP contribution in [-0.4, -0.2) is 61.6 Å². The Morgan fingerprint density at radius 3 is 2.46 bits per heavy atom. The van der Waals surface area contributed by atoms with E-state index in [1.807, 2.05) is 0 Å². The van der Waals surface area contributed by atoms with Gasteiger partial charge in [0.1, 0.15) is 0 Å². The fourth-order valence-corrected chi connectivity index (χ4v) is 4.74. The van der Waals surface area contributed by atoms with Gasteiger partial charge in [-0.05, 0) is 70.5 Å². The number of likely N-dealkylation sites (tertiary alicyclic amines) is 2. The van der Waals surface area contributed by atoms with Gasteiger partial charge in [0.25, 0.3) is 0 Å². The molecule has 0 unspecified atom stereocenters. The molecule has 0 aromatic carbocycles. The number of guanidine groups is 1. The molecular formula is C19H37IN4. The number of hydrogen-bond donors (Lipinski definition) is 1. The van der Waals surface area contributed by atoms with Gasteiger partial charge >= 0.3 is 0 Å². The van der Waals surface area contributed by atoms with Crippen molar-refractivity contribution in [3.8, 4) is 0 Å². The van der Waals surface area contributed by atoms with Gasteiger partial charge in [-0.2, -0.15) is 0 Å². The van der Waals surface area contributed by atoms with Crippen molar-refractivity contribution in [3.63, 3.8) is 0 Å². The Balaban J connectivity index is 0.00000208. The number of nitrogens with zero attached hydrogens (tertiary/aromatic N) is 3. The maximum Gasteiger partial charge on any atom is 0.193 e. The largest absolute Gasteiger partial charge is 0.357 e. The average Bonchev–Trinajstić information content (AvgIpc) is 3.22. The van der Waals surface area contributed by atoms with Crippen LogP contribution in [0.25, 0.3) is 0 Å². The Morgan fingerprint density at radius 2 is 1.75 bits per heavy atom. The third-order valence-corrected chi connectivity index (χ3v) is 6.08. The highest BCUT2D eigenvalue weighted by molar-refractivity contribution is 14.0. The topological polar surface area (TPSA) is 30.9 Å². The molecule has 3 aliphatic rings. The van der Waals surface area contributed by atoms with Gasteiger partial charge in [-0.3, -0.25) is 4.99 Å². The number of halogens is 1. The van der Waals surface area contributed by atoms with Gasteiger partial charge in [0.2, 0.25) is 0 Å². The lowest BCUT2D eigenvalue weighted by molar-refractivity contribution is 0.203. The lowest BCUT2D eigenvalue weighted by Crippen LogP contribution is -2.41. The molecule has 0 aromatic rings. The zero-order chi connectivity index (χ0) is 16.0. The summed E-state index contributed by atoms with van der Waals surface area (Å²) in [6.45, 7) is 10.4. The third kappa shape index (κ3) is 5.48. The molecule has 0 atom stereocenters. The van der Waals surface area contributed by atoms with Gasteiger partial charge in [0.15, 0.2) is 5.96 Å². The summed E-state index contributed by atoms with van der Waals surface area (Å²) in [5.74, 6) is 1.18. The predicted octanol–water partition coefficient (Wildman–Crippen LogP) is 3.71. The van der Waals surface area contributed by atoms with Gasteiger partial charge < -0.3 is 15.1 Å². The van der Waals surface area contributed by atoms with Crippen molar-refractivity contribution in [2.24, 2.45) is 10.4 Å². The monoisotopic (exact) mass is 448 g/mol. The van der Waals surface area contributed by atoms with Crippen LogP contribution in [0.3, 0.4) is 0 Å². The van der Waals surface area contributed by atoms with Crippen molar-refractivity contribution < 1.29 is 0 Å². The van der Waals surface area contributed by atoms with E-state index in [1.54, 1.807) is 0 Å². The van der Waals surface area contributed by atoms with Crippen molar-refractivity contribution in [2.75, 3.05) is 45.8 Å². The van der Waals surface area contributed by atoms with Crippen LogP contribution >= 0.6 is 24.0 Å². The molecule has 0 radical (unpaired) electrons. The first-order valence-electron chi connectivity index (χ1n) is 10.1. The smallest absolute Gasteiger partial charge is 0.193 e. The van der Waals surface area contributed by atoms with Crippen molar-refractivity contribution in [1.29, 1.82) is 0 Å². The molecule has 3 fully saturated rings. The maximum absolute atomic E-state index is 4.94. The molecule has 1 aliphatic carbocycles. The molecule has 2 saturated heterocycles. The molecule has 2 heterocycles. The summed E-state index contributed by atoms with van der Waals surface area (Å²) in [6.07, 6.45) is 12.6. The zero-order valence-corrected chi connectivity index (χ0v) is 17.9. The zero-order valence-electron chi connectivity index (χ0n) is 15.6. The van der Waals surface area contributed by atoms with Crippen molar-refractivity contribution >= 4 is 29.9 Å².